The van der Waals surface area contributed by atoms with Crippen LogP contribution in [0.3, 0.4) is 0 Å². The second-order valence-electron chi connectivity index (χ2n) is 5.97. The van der Waals surface area contributed by atoms with Crippen molar-refractivity contribution in [3.8, 4) is 16.9 Å². The number of rotatable bonds is 1. The topological polar surface area (TPSA) is 65.6 Å². The number of hydrogen-bond donors (Lipinski definition) is 3. The first-order chi connectivity index (χ1) is 11.8. The molecule has 124 valence electrons. The van der Waals surface area contributed by atoms with Gasteiger partial charge >= 0.3 is 6.03 Å². The van der Waals surface area contributed by atoms with Crippen LogP contribution in [-0.2, 0) is 13.1 Å². The van der Waals surface area contributed by atoms with E-state index < -0.39 is 0 Å². The normalized spacial score (nSPS) is 15.6. The predicted molar refractivity (Wildman–Crippen MR) is 92.7 cm³/mol. The lowest BCUT2D eigenvalue weighted by molar-refractivity contribution is 0.190. The Balaban J connectivity index is 1.72. The number of fused-ring (bicyclic) bond motifs is 2. The van der Waals surface area contributed by atoms with Crippen molar-refractivity contribution in [1.82, 2.24) is 15.6 Å². The van der Waals surface area contributed by atoms with Crippen LogP contribution < -0.4 is 20.9 Å². The Kier molecular flexibility index (Phi) is 3.74. The highest BCUT2D eigenvalue weighted by atomic mass is 16.5. The quantitative estimate of drug-likeness (QED) is 0.753. The number of ether oxygens (including phenoxy) is 1. The Hall–Kier alpha value is -2.73. The molecule has 2 aromatic rings. The van der Waals surface area contributed by atoms with Crippen molar-refractivity contribution in [3.05, 3.63) is 47.5 Å². The van der Waals surface area contributed by atoms with Crippen LogP contribution >= 0.6 is 0 Å². The molecule has 0 bridgehead atoms. The molecule has 0 aliphatic carbocycles. The molecule has 2 heterocycles. The lowest BCUT2D eigenvalue weighted by Gasteiger charge is -2.19. The SMILES string of the molecule is CNC(=O)N1CCOc2ccc(-c3cccc4c3NNC4)cc2C1. The molecule has 2 aliphatic heterocycles. The zero-order chi connectivity index (χ0) is 16.5. The van der Waals surface area contributed by atoms with Crippen molar-refractivity contribution in [2.75, 3.05) is 25.6 Å². The van der Waals surface area contributed by atoms with Crippen molar-refractivity contribution in [1.29, 1.82) is 0 Å². The van der Waals surface area contributed by atoms with E-state index in [1.54, 1.807) is 11.9 Å². The van der Waals surface area contributed by atoms with Crippen molar-refractivity contribution in [2.45, 2.75) is 13.1 Å². The van der Waals surface area contributed by atoms with Gasteiger partial charge < -0.3 is 20.4 Å². The van der Waals surface area contributed by atoms with E-state index in [9.17, 15) is 4.79 Å². The number of hydrazine groups is 1. The molecule has 4 rings (SSSR count). The van der Waals surface area contributed by atoms with E-state index in [1.807, 2.05) is 6.07 Å². The smallest absolute Gasteiger partial charge is 0.317 e. The summed E-state index contributed by atoms with van der Waals surface area (Å²) < 4.78 is 5.81. The molecule has 0 atom stereocenters. The van der Waals surface area contributed by atoms with Crippen molar-refractivity contribution >= 4 is 11.7 Å². The molecule has 0 unspecified atom stereocenters. The number of urea groups is 1. The molecule has 3 N–H and O–H groups in total. The fourth-order valence-corrected chi connectivity index (χ4v) is 3.26. The second-order valence-corrected chi connectivity index (χ2v) is 5.97. The summed E-state index contributed by atoms with van der Waals surface area (Å²) in [6, 6.07) is 12.4. The Labute approximate surface area is 140 Å². The van der Waals surface area contributed by atoms with Crippen LogP contribution in [0.5, 0.6) is 5.75 Å². The standard InChI is InChI=1S/C18H20N4O2/c1-19-18(23)22-7-8-24-16-6-5-12(9-14(16)11-22)15-4-2-3-13-10-20-21-17(13)15/h2-6,9,20-21H,7-8,10-11H2,1H3,(H,19,23). The highest BCUT2D eigenvalue weighted by molar-refractivity contribution is 5.82. The fraction of sp³-hybridized carbons (Fsp3) is 0.278. The average molecular weight is 324 g/mol. The van der Waals surface area contributed by atoms with Crippen LogP contribution in [-0.4, -0.2) is 31.1 Å². The third-order valence-electron chi connectivity index (χ3n) is 4.50. The van der Waals surface area contributed by atoms with E-state index in [-0.39, 0.29) is 6.03 Å². The summed E-state index contributed by atoms with van der Waals surface area (Å²) in [6.07, 6.45) is 0. The van der Waals surface area contributed by atoms with Gasteiger partial charge in [0.15, 0.2) is 0 Å². The second kappa shape index (κ2) is 6.05. The van der Waals surface area contributed by atoms with Crippen LogP contribution in [0.2, 0.25) is 0 Å². The highest BCUT2D eigenvalue weighted by Crippen LogP contribution is 2.36. The first-order valence-electron chi connectivity index (χ1n) is 8.10. The summed E-state index contributed by atoms with van der Waals surface area (Å²) in [5, 5.41) is 2.69. The lowest BCUT2D eigenvalue weighted by Crippen LogP contribution is -2.38. The molecular weight excluding hydrogens is 304 g/mol. The molecule has 6 nitrogen and oxygen atoms in total. The van der Waals surface area contributed by atoms with E-state index in [1.165, 1.54) is 5.56 Å². The fourth-order valence-electron chi connectivity index (χ4n) is 3.26. The summed E-state index contributed by atoms with van der Waals surface area (Å²) in [5.41, 5.74) is 12.1. The maximum absolute atomic E-state index is 12.0. The lowest BCUT2D eigenvalue weighted by atomic mass is 9.98. The maximum Gasteiger partial charge on any atom is 0.317 e. The van der Waals surface area contributed by atoms with Gasteiger partial charge in [0, 0.05) is 24.7 Å². The zero-order valence-electron chi connectivity index (χ0n) is 13.6. The first-order valence-corrected chi connectivity index (χ1v) is 8.10. The van der Waals surface area contributed by atoms with E-state index >= 15 is 0 Å². The van der Waals surface area contributed by atoms with E-state index in [2.05, 4.69) is 46.5 Å². The Morgan fingerprint density at radius 2 is 2.17 bits per heavy atom. The molecule has 0 aromatic heterocycles. The number of nitrogens with one attached hydrogen (secondary N) is 3. The molecule has 0 spiro atoms. The van der Waals surface area contributed by atoms with Crippen LogP contribution in [0.15, 0.2) is 36.4 Å². The van der Waals surface area contributed by atoms with Gasteiger partial charge in [-0.15, -0.1) is 0 Å². The molecule has 2 amide bonds. The number of hydrogen-bond acceptors (Lipinski definition) is 4. The molecule has 0 fully saturated rings. The minimum Gasteiger partial charge on any atom is -0.491 e. The Bertz CT molecular complexity index is 791. The van der Waals surface area contributed by atoms with Gasteiger partial charge in [-0.2, -0.15) is 0 Å². The van der Waals surface area contributed by atoms with Crippen molar-refractivity contribution in [3.63, 3.8) is 0 Å². The first kappa shape index (κ1) is 14.8. The summed E-state index contributed by atoms with van der Waals surface area (Å²) in [7, 11) is 1.65. The minimum absolute atomic E-state index is 0.0803. The van der Waals surface area contributed by atoms with Gasteiger partial charge in [-0.1, -0.05) is 24.3 Å². The largest absolute Gasteiger partial charge is 0.491 e. The number of benzene rings is 2. The molecule has 2 aliphatic rings. The summed E-state index contributed by atoms with van der Waals surface area (Å²) in [5.74, 6) is 0.851. The third-order valence-corrected chi connectivity index (χ3v) is 4.50. The Morgan fingerprint density at radius 3 is 3.04 bits per heavy atom. The number of carbonyl (C=O) groups is 1. The van der Waals surface area contributed by atoms with Gasteiger partial charge in [-0.05, 0) is 23.3 Å². The van der Waals surface area contributed by atoms with E-state index in [0.717, 1.165) is 34.7 Å². The number of nitrogens with zero attached hydrogens (tertiary/aromatic N) is 1. The summed E-state index contributed by atoms with van der Waals surface area (Å²) in [4.78, 5) is 13.7. The van der Waals surface area contributed by atoms with Crippen LogP contribution in [0.25, 0.3) is 11.1 Å². The number of para-hydroxylation sites is 1. The third kappa shape index (κ3) is 2.55. The van der Waals surface area contributed by atoms with Crippen LogP contribution in [0, 0.1) is 0 Å². The number of carbonyl (C=O) groups excluding carboxylic acids is 1. The van der Waals surface area contributed by atoms with E-state index in [0.29, 0.717) is 19.7 Å². The number of amides is 2. The van der Waals surface area contributed by atoms with Crippen LogP contribution in [0.1, 0.15) is 11.1 Å². The number of anilines is 1. The summed E-state index contributed by atoms with van der Waals surface area (Å²) >= 11 is 0. The minimum atomic E-state index is -0.0803. The predicted octanol–water partition coefficient (Wildman–Crippen LogP) is 2.32. The van der Waals surface area contributed by atoms with Gasteiger partial charge in [-0.25, -0.2) is 10.2 Å². The Morgan fingerprint density at radius 1 is 1.25 bits per heavy atom. The average Bonchev–Trinajstić information content (AvgIpc) is 2.99. The van der Waals surface area contributed by atoms with Crippen molar-refractivity contribution < 1.29 is 9.53 Å². The zero-order valence-corrected chi connectivity index (χ0v) is 13.6. The van der Waals surface area contributed by atoms with E-state index in [4.69, 9.17) is 4.74 Å². The molecule has 24 heavy (non-hydrogen) atoms. The van der Waals surface area contributed by atoms with Gasteiger partial charge in [0.1, 0.15) is 12.4 Å². The highest BCUT2D eigenvalue weighted by Gasteiger charge is 2.21. The molecule has 0 saturated heterocycles. The molecule has 6 heteroatoms. The van der Waals surface area contributed by atoms with Gasteiger partial charge in [0.2, 0.25) is 0 Å². The molecule has 0 radical (unpaired) electrons. The summed E-state index contributed by atoms with van der Waals surface area (Å²) in [6.45, 7) is 2.45. The van der Waals surface area contributed by atoms with Gasteiger partial charge in [0.25, 0.3) is 0 Å². The van der Waals surface area contributed by atoms with Gasteiger partial charge in [-0.3, -0.25) is 0 Å². The maximum atomic E-state index is 12.0. The molecule has 2 aromatic carbocycles. The van der Waals surface area contributed by atoms with Crippen molar-refractivity contribution in [2.24, 2.45) is 0 Å². The molecule has 0 saturated carbocycles. The molecular formula is C18H20N4O2. The van der Waals surface area contributed by atoms with Crippen LogP contribution in [0.4, 0.5) is 10.5 Å². The van der Waals surface area contributed by atoms with Gasteiger partial charge in [0.05, 0.1) is 18.8 Å². The monoisotopic (exact) mass is 324 g/mol.